The summed E-state index contributed by atoms with van der Waals surface area (Å²) >= 11 is 0. The van der Waals surface area contributed by atoms with Crippen LogP contribution in [0.5, 0.6) is 0 Å². The SMILES string of the molecule is CCN(CC)CCNC(=O)NCC(C)(O)c1ccccc1. The zero-order chi connectivity index (χ0) is 15.7. The molecule has 0 aliphatic carbocycles. The van der Waals surface area contributed by atoms with Gasteiger partial charge in [-0.05, 0) is 25.6 Å². The molecule has 1 atom stereocenters. The molecule has 21 heavy (non-hydrogen) atoms. The molecule has 5 nitrogen and oxygen atoms in total. The predicted octanol–water partition coefficient (Wildman–Crippen LogP) is 1.54. The lowest BCUT2D eigenvalue weighted by Gasteiger charge is -2.24. The van der Waals surface area contributed by atoms with Gasteiger partial charge in [-0.1, -0.05) is 44.2 Å². The summed E-state index contributed by atoms with van der Waals surface area (Å²) in [6, 6.07) is 9.08. The van der Waals surface area contributed by atoms with E-state index in [0.29, 0.717) is 6.54 Å². The largest absolute Gasteiger partial charge is 0.384 e. The van der Waals surface area contributed by atoms with E-state index < -0.39 is 5.60 Å². The summed E-state index contributed by atoms with van der Waals surface area (Å²) in [5.74, 6) is 0. The maximum Gasteiger partial charge on any atom is 0.314 e. The number of rotatable bonds is 8. The van der Waals surface area contributed by atoms with E-state index >= 15 is 0 Å². The van der Waals surface area contributed by atoms with Gasteiger partial charge in [-0.25, -0.2) is 4.79 Å². The Morgan fingerprint density at radius 2 is 1.81 bits per heavy atom. The Morgan fingerprint density at radius 3 is 2.38 bits per heavy atom. The van der Waals surface area contributed by atoms with E-state index in [1.54, 1.807) is 6.92 Å². The molecule has 5 heteroatoms. The summed E-state index contributed by atoms with van der Waals surface area (Å²) in [5, 5.41) is 15.9. The number of nitrogens with zero attached hydrogens (tertiary/aromatic N) is 1. The van der Waals surface area contributed by atoms with Crippen molar-refractivity contribution in [2.24, 2.45) is 0 Å². The molecule has 0 aliphatic rings. The molecule has 1 aromatic rings. The van der Waals surface area contributed by atoms with Gasteiger partial charge in [0.1, 0.15) is 5.60 Å². The second-order valence-electron chi connectivity index (χ2n) is 5.28. The van der Waals surface area contributed by atoms with Crippen LogP contribution in [0, 0.1) is 0 Å². The van der Waals surface area contributed by atoms with Crippen LogP contribution in [-0.2, 0) is 5.60 Å². The fourth-order valence-corrected chi connectivity index (χ4v) is 2.08. The number of carbonyl (C=O) groups is 1. The predicted molar refractivity (Wildman–Crippen MR) is 85.2 cm³/mol. The molecule has 0 fully saturated rings. The first-order chi connectivity index (χ1) is 9.99. The van der Waals surface area contributed by atoms with Crippen LogP contribution in [-0.4, -0.2) is 48.8 Å². The van der Waals surface area contributed by atoms with E-state index in [1.807, 2.05) is 30.3 Å². The van der Waals surface area contributed by atoms with Crippen molar-refractivity contribution in [1.29, 1.82) is 0 Å². The molecule has 0 aliphatic heterocycles. The zero-order valence-electron chi connectivity index (χ0n) is 13.2. The molecule has 0 bridgehead atoms. The number of carbonyl (C=O) groups excluding carboxylic acids is 1. The molecule has 1 unspecified atom stereocenters. The van der Waals surface area contributed by atoms with Crippen LogP contribution in [0.15, 0.2) is 30.3 Å². The zero-order valence-corrected chi connectivity index (χ0v) is 13.2. The van der Waals surface area contributed by atoms with Crippen LogP contribution in [0.4, 0.5) is 4.79 Å². The standard InChI is InChI=1S/C16H27N3O2/c1-4-19(5-2)12-11-17-15(20)18-13-16(3,21)14-9-7-6-8-10-14/h6-10,21H,4-5,11-13H2,1-3H3,(H2,17,18,20). The van der Waals surface area contributed by atoms with Crippen molar-refractivity contribution in [2.75, 3.05) is 32.7 Å². The first-order valence-corrected chi connectivity index (χ1v) is 7.51. The minimum absolute atomic E-state index is 0.175. The maximum absolute atomic E-state index is 11.7. The quantitative estimate of drug-likeness (QED) is 0.681. The van der Waals surface area contributed by atoms with Gasteiger partial charge in [-0.15, -0.1) is 0 Å². The van der Waals surface area contributed by atoms with Gasteiger partial charge in [-0.3, -0.25) is 0 Å². The third-order valence-electron chi connectivity index (χ3n) is 3.60. The van der Waals surface area contributed by atoms with Crippen LogP contribution >= 0.6 is 0 Å². The number of urea groups is 1. The monoisotopic (exact) mass is 293 g/mol. The average Bonchev–Trinajstić information content (AvgIpc) is 2.50. The first-order valence-electron chi connectivity index (χ1n) is 7.51. The third-order valence-corrected chi connectivity index (χ3v) is 3.60. The maximum atomic E-state index is 11.7. The van der Waals surface area contributed by atoms with E-state index in [9.17, 15) is 9.90 Å². The number of hydrogen-bond acceptors (Lipinski definition) is 3. The molecule has 0 saturated heterocycles. The van der Waals surface area contributed by atoms with Gasteiger partial charge in [0.25, 0.3) is 0 Å². The highest BCUT2D eigenvalue weighted by Gasteiger charge is 2.23. The van der Waals surface area contributed by atoms with Crippen LogP contribution < -0.4 is 10.6 Å². The number of amides is 2. The highest BCUT2D eigenvalue weighted by Crippen LogP contribution is 2.18. The topological polar surface area (TPSA) is 64.6 Å². The minimum atomic E-state index is -1.07. The van der Waals surface area contributed by atoms with Crippen molar-refractivity contribution in [3.8, 4) is 0 Å². The molecule has 0 radical (unpaired) electrons. The Hall–Kier alpha value is -1.59. The second-order valence-corrected chi connectivity index (χ2v) is 5.28. The van der Waals surface area contributed by atoms with Crippen LogP contribution in [0.1, 0.15) is 26.3 Å². The van der Waals surface area contributed by atoms with E-state index in [2.05, 4.69) is 29.4 Å². The molecular formula is C16H27N3O2. The summed E-state index contributed by atoms with van der Waals surface area (Å²) in [6.07, 6.45) is 0. The van der Waals surface area contributed by atoms with Crippen LogP contribution in [0.3, 0.4) is 0 Å². The summed E-state index contributed by atoms with van der Waals surface area (Å²) < 4.78 is 0. The van der Waals surface area contributed by atoms with Crippen molar-refractivity contribution >= 4 is 6.03 Å². The van der Waals surface area contributed by atoms with E-state index in [4.69, 9.17) is 0 Å². The molecule has 1 aromatic carbocycles. The van der Waals surface area contributed by atoms with Crippen molar-refractivity contribution in [3.05, 3.63) is 35.9 Å². The molecule has 1 rings (SSSR count). The third kappa shape index (κ3) is 6.14. The lowest BCUT2D eigenvalue weighted by molar-refractivity contribution is 0.0594. The number of aliphatic hydroxyl groups is 1. The first kappa shape index (κ1) is 17.5. The van der Waals surface area contributed by atoms with Crippen LogP contribution in [0.2, 0.25) is 0 Å². The fraction of sp³-hybridized carbons (Fsp3) is 0.562. The number of hydrogen-bond donors (Lipinski definition) is 3. The number of nitrogens with one attached hydrogen (secondary N) is 2. The van der Waals surface area contributed by atoms with Gasteiger partial charge in [0.05, 0.1) is 6.54 Å². The van der Waals surface area contributed by atoms with Gasteiger partial charge in [0.15, 0.2) is 0 Å². The summed E-state index contributed by atoms with van der Waals surface area (Å²) in [5.41, 5.74) is -0.286. The molecule has 0 heterocycles. The number of likely N-dealkylation sites (N-methyl/N-ethyl adjacent to an activating group) is 1. The molecule has 3 N–H and O–H groups in total. The molecule has 0 saturated carbocycles. The van der Waals surface area contributed by atoms with Crippen molar-refractivity contribution in [3.63, 3.8) is 0 Å². The lowest BCUT2D eigenvalue weighted by atomic mass is 9.96. The van der Waals surface area contributed by atoms with Gasteiger partial charge in [0, 0.05) is 13.1 Å². The Kier molecular flexibility index (Phi) is 7.19. The van der Waals surface area contributed by atoms with Gasteiger partial charge >= 0.3 is 6.03 Å². The van der Waals surface area contributed by atoms with E-state index in [1.165, 1.54) is 0 Å². The van der Waals surface area contributed by atoms with Gasteiger partial charge in [0.2, 0.25) is 0 Å². The van der Waals surface area contributed by atoms with E-state index in [0.717, 1.165) is 25.2 Å². The molecule has 118 valence electrons. The van der Waals surface area contributed by atoms with Gasteiger partial charge < -0.3 is 20.6 Å². The summed E-state index contributed by atoms with van der Waals surface area (Å²) in [4.78, 5) is 14.0. The van der Waals surface area contributed by atoms with Crippen molar-refractivity contribution in [2.45, 2.75) is 26.4 Å². The molecule has 0 spiro atoms. The fourth-order valence-electron chi connectivity index (χ4n) is 2.08. The second kappa shape index (κ2) is 8.64. The van der Waals surface area contributed by atoms with Crippen molar-refractivity contribution < 1.29 is 9.90 Å². The summed E-state index contributed by atoms with van der Waals surface area (Å²) in [7, 11) is 0. The Balaban J connectivity index is 2.32. The number of benzene rings is 1. The molecule has 2 amide bonds. The lowest BCUT2D eigenvalue weighted by Crippen LogP contribution is -2.45. The van der Waals surface area contributed by atoms with Crippen molar-refractivity contribution in [1.82, 2.24) is 15.5 Å². The average molecular weight is 293 g/mol. The van der Waals surface area contributed by atoms with E-state index in [-0.39, 0.29) is 12.6 Å². The Bertz CT molecular complexity index is 417. The smallest absolute Gasteiger partial charge is 0.314 e. The summed E-state index contributed by atoms with van der Waals surface area (Å²) in [6.45, 7) is 9.44. The van der Waals surface area contributed by atoms with Crippen LogP contribution in [0.25, 0.3) is 0 Å². The normalized spacial score (nSPS) is 13.8. The molecule has 0 aromatic heterocycles. The Morgan fingerprint density at radius 1 is 1.19 bits per heavy atom. The highest BCUT2D eigenvalue weighted by molar-refractivity contribution is 5.73. The molecular weight excluding hydrogens is 266 g/mol. The Labute approximate surface area is 127 Å². The van der Waals surface area contributed by atoms with Gasteiger partial charge in [-0.2, -0.15) is 0 Å². The minimum Gasteiger partial charge on any atom is -0.384 e. The highest BCUT2D eigenvalue weighted by atomic mass is 16.3.